The fourth-order valence-electron chi connectivity index (χ4n) is 1.32. The molecular weight excluding hydrogens is 178 g/mol. The largest absolute Gasteiger partial charge is 0.395 e. The van der Waals surface area contributed by atoms with E-state index in [2.05, 4.69) is 5.32 Å². The van der Waals surface area contributed by atoms with Crippen LogP contribution < -0.4 is 5.32 Å². The van der Waals surface area contributed by atoms with Crippen molar-refractivity contribution in [1.82, 2.24) is 5.32 Å². The fraction of sp³-hybridized carbons (Fsp3) is 0.455. The average Bonchev–Trinajstić information content (AvgIpc) is 2.26. The van der Waals surface area contributed by atoms with Crippen LogP contribution in [0.4, 0.5) is 0 Å². The van der Waals surface area contributed by atoms with Gasteiger partial charge in [-0.1, -0.05) is 30.3 Å². The number of ether oxygens (including phenoxy) is 1. The minimum absolute atomic E-state index is 0.0581. The molecule has 0 aromatic heterocycles. The van der Waals surface area contributed by atoms with E-state index in [0.717, 1.165) is 12.1 Å². The fourth-order valence-corrected chi connectivity index (χ4v) is 1.32. The van der Waals surface area contributed by atoms with Gasteiger partial charge in [0.15, 0.2) is 0 Å². The number of hydrogen-bond acceptors (Lipinski definition) is 3. The van der Waals surface area contributed by atoms with E-state index in [1.54, 1.807) is 7.11 Å². The van der Waals surface area contributed by atoms with Crippen molar-refractivity contribution in [1.29, 1.82) is 0 Å². The summed E-state index contributed by atoms with van der Waals surface area (Å²) in [6.45, 7) is 1.49. The highest BCUT2D eigenvalue weighted by Gasteiger charge is 2.08. The van der Waals surface area contributed by atoms with Crippen LogP contribution in [0.2, 0.25) is 0 Å². The zero-order valence-electron chi connectivity index (χ0n) is 8.44. The predicted molar refractivity (Wildman–Crippen MR) is 56.1 cm³/mol. The SMILES string of the molecule is CO[C@@H](CNCCO)c1ccccc1. The van der Waals surface area contributed by atoms with Gasteiger partial charge >= 0.3 is 0 Å². The van der Waals surface area contributed by atoms with Gasteiger partial charge in [0.25, 0.3) is 0 Å². The van der Waals surface area contributed by atoms with Gasteiger partial charge in [0.2, 0.25) is 0 Å². The lowest BCUT2D eigenvalue weighted by atomic mass is 10.1. The lowest BCUT2D eigenvalue weighted by Crippen LogP contribution is -2.25. The summed E-state index contributed by atoms with van der Waals surface area (Å²) in [7, 11) is 1.69. The van der Waals surface area contributed by atoms with Crippen molar-refractivity contribution in [2.45, 2.75) is 6.10 Å². The van der Waals surface area contributed by atoms with Crippen molar-refractivity contribution in [3.8, 4) is 0 Å². The highest BCUT2D eigenvalue weighted by molar-refractivity contribution is 5.17. The van der Waals surface area contributed by atoms with E-state index < -0.39 is 0 Å². The second-order valence-corrected chi connectivity index (χ2v) is 3.06. The zero-order valence-corrected chi connectivity index (χ0v) is 8.44. The van der Waals surface area contributed by atoms with E-state index in [1.165, 1.54) is 0 Å². The Labute approximate surface area is 84.7 Å². The summed E-state index contributed by atoms with van der Waals surface area (Å²) in [5, 5.41) is 11.7. The quantitative estimate of drug-likeness (QED) is 0.664. The normalized spacial score (nSPS) is 12.7. The monoisotopic (exact) mass is 195 g/mol. The number of rotatable bonds is 6. The van der Waals surface area contributed by atoms with Gasteiger partial charge in [-0.05, 0) is 5.56 Å². The van der Waals surface area contributed by atoms with Crippen LogP contribution >= 0.6 is 0 Å². The first-order chi connectivity index (χ1) is 6.88. The number of aliphatic hydroxyl groups excluding tert-OH is 1. The lowest BCUT2D eigenvalue weighted by molar-refractivity contribution is 0.101. The predicted octanol–water partition coefficient (Wildman–Crippen LogP) is 0.956. The molecule has 3 heteroatoms. The van der Waals surface area contributed by atoms with Crippen molar-refractivity contribution >= 4 is 0 Å². The third-order valence-electron chi connectivity index (χ3n) is 2.07. The van der Waals surface area contributed by atoms with Gasteiger partial charge in [-0.2, -0.15) is 0 Å². The topological polar surface area (TPSA) is 41.5 Å². The standard InChI is InChI=1S/C11H17NO2/c1-14-11(9-12-7-8-13)10-5-3-2-4-6-10/h2-6,11-13H,7-9H2,1H3/t11-/m0/s1. The molecule has 1 rings (SSSR count). The van der Waals surface area contributed by atoms with E-state index in [4.69, 9.17) is 9.84 Å². The molecule has 2 N–H and O–H groups in total. The molecule has 0 radical (unpaired) electrons. The third-order valence-corrected chi connectivity index (χ3v) is 2.07. The maximum Gasteiger partial charge on any atom is 0.0945 e. The Morgan fingerprint density at radius 1 is 1.36 bits per heavy atom. The Morgan fingerprint density at radius 2 is 2.07 bits per heavy atom. The number of hydrogen-bond donors (Lipinski definition) is 2. The highest BCUT2D eigenvalue weighted by Crippen LogP contribution is 2.14. The van der Waals surface area contributed by atoms with Gasteiger partial charge in [0.05, 0.1) is 12.7 Å². The summed E-state index contributed by atoms with van der Waals surface area (Å²) in [4.78, 5) is 0. The molecular formula is C11H17NO2. The molecule has 0 aliphatic carbocycles. The molecule has 1 aromatic carbocycles. The maximum absolute atomic E-state index is 8.62. The summed E-state index contributed by atoms with van der Waals surface area (Å²) >= 11 is 0. The smallest absolute Gasteiger partial charge is 0.0945 e. The molecule has 3 nitrogen and oxygen atoms in total. The van der Waals surface area contributed by atoms with Crippen LogP contribution in [-0.4, -0.2) is 31.9 Å². The Balaban J connectivity index is 2.46. The number of methoxy groups -OCH3 is 1. The molecule has 1 aromatic rings. The van der Waals surface area contributed by atoms with Gasteiger partial charge in [-0.25, -0.2) is 0 Å². The van der Waals surface area contributed by atoms with E-state index in [-0.39, 0.29) is 12.7 Å². The van der Waals surface area contributed by atoms with Crippen LogP contribution in [-0.2, 0) is 4.74 Å². The van der Waals surface area contributed by atoms with Crippen molar-refractivity contribution in [2.75, 3.05) is 26.8 Å². The van der Waals surface area contributed by atoms with E-state index >= 15 is 0 Å². The van der Waals surface area contributed by atoms with Gasteiger partial charge in [0.1, 0.15) is 0 Å². The molecule has 0 saturated carbocycles. The average molecular weight is 195 g/mol. The van der Waals surface area contributed by atoms with E-state index in [0.29, 0.717) is 6.54 Å². The number of nitrogens with one attached hydrogen (secondary N) is 1. The van der Waals surface area contributed by atoms with E-state index in [9.17, 15) is 0 Å². The first-order valence-corrected chi connectivity index (χ1v) is 4.77. The molecule has 1 atom stereocenters. The van der Waals surface area contributed by atoms with Crippen LogP contribution in [0.25, 0.3) is 0 Å². The molecule has 0 heterocycles. The maximum atomic E-state index is 8.62. The summed E-state index contributed by atoms with van der Waals surface area (Å²) in [6.07, 6.45) is 0.0581. The second kappa shape index (κ2) is 6.54. The second-order valence-electron chi connectivity index (χ2n) is 3.06. The zero-order chi connectivity index (χ0) is 10.2. The summed E-state index contributed by atoms with van der Waals surface area (Å²) in [6, 6.07) is 10.0. The third kappa shape index (κ3) is 3.46. The number of aliphatic hydroxyl groups is 1. The molecule has 0 saturated heterocycles. The molecule has 0 unspecified atom stereocenters. The Morgan fingerprint density at radius 3 is 2.64 bits per heavy atom. The minimum atomic E-state index is 0.0581. The van der Waals surface area contributed by atoms with Crippen molar-refractivity contribution < 1.29 is 9.84 Å². The Hall–Kier alpha value is -0.900. The molecule has 0 spiro atoms. The van der Waals surface area contributed by atoms with Crippen LogP contribution in [0.5, 0.6) is 0 Å². The molecule has 0 amide bonds. The van der Waals surface area contributed by atoms with E-state index in [1.807, 2.05) is 30.3 Å². The van der Waals surface area contributed by atoms with Crippen molar-refractivity contribution in [3.05, 3.63) is 35.9 Å². The summed E-state index contributed by atoms with van der Waals surface area (Å²) < 4.78 is 5.34. The molecule has 0 fully saturated rings. The van der Waals surface area contributed by atoms with Crippen molar-refractivity contribution in [3.63, 3.8) is 0 Å². The van der Waals surface area contributed by atoms with Crippen LogP contribution in [0.3, 0.4) is 0 Å². The van der Waals surface area contributed by atoms with Gasteiger partial charge in [-0.15, -0.1) is 0 Å². The highest BCUT2D eigenvalue weighted by atomic mass is 16.5. The molecule has 0 bridgehead atoms. The Bertz CT molecular complexity index is 238. The molecule has 0 aliphatic rings. The molecule has 0 aliphatic heterocycles. The van der Waals surface area contributed by atoms with Gasteiger partial charge < -0.3 is 15.2 Å². The van der Waals surface area contributed by atoms with Crippen molar-refractivity contribution in [2.24, 2.45) is 0 Å². The summed E-state index contributed by atoms with van der Waals surface area (Å²) in [5.74, 6) is 0. The van der Waals surface area contributed by atoms with Crippen LogP contribution in [0.15, 0.2) is 30.3 Å². The molecule has 78 valence electrons. The first kappa shape index (κ1) is 11.2. The minimum Gasteiger partial charge on any atom is -0.395 e. The number of benzene rings is 1. The van der Waals surface area contributed by atoms with Crippen LogP contribution in [0, 0.1) is 0 Å². The van der Waals surface area contributed by atoms with Crippen LogP contribution in [0.1, 0.15) is 11.7 Å². The first-order valence-electron chi connectivity index (χ1n) is 4.77. The Kier molecular flexibility index (Phi) is 5.22. The molecule has 14 heavy (non-hydrogen) atoms. The van der Waals surface area contributed by atoms with Gasteiger partial charge in [-0.3, -0.25) is 0 Å². The lowest BCUT2D eigenvalue weighted by Gasteiger charge is -2.15. The van der Waals surface area contributed by atoms with Gasteiger partial charge in [0, 0.05) is 20.2 Å². The summed E-state index contributed by atoms with van der Waals surface area (Å²) in [5.41, 5.74) is 1.15.